The predicted octanol–water partition coefficient (Wildman–Crippen LogP) is 1.05. The highest BCUT2D eigenvalue weighted by atomic mass is 16.5. The predicted molar refractivity (Wildman–Crippen MR) is 63.5 cm³/mol. The molecule has 5 nitrogen and oxygen atoms in total. The molecule has 0 spiro atoms. The number of aliphatic carboxylic acids is 1. The zero-order valence-electron chi connectivity index (χ0n) is 9.97. The molecule has 1 aromatic carbocycles. The fraction of sp³-hybridized carbons (Fsp3) is 0.417. The molecule has 1 unspecified atom stereocenters. The Morgan fingerprint density at radius 1 is 1.41 bits per heavy atom. The van der Waals surface area contributed by atoms with Crippen molar-refractivity contribution in [3.05, 3.63) is 23.8 Å². The van der Waals surface area contributed by atoms with Crippen molar-refractivity contribution in [1.29, 1.82) is 0 Å². The Hall–Kier alpha value is -1.75. The van der Waals surface area contributed by atoms with Crippen molar-refractivity contribution in [2.75, 3.05) is 14.2 Å². The van der Waals surface area contributed by atoms with E-state index in [4.69, 9.17) is 20.3 Å². The molecule has 0 fully saturated rings. The molecule has 1 atom stereocenters. The molecular formula is C12H17NO4. The maximum absolute atomic E-state index is 10.6. The van der Waals surface area contributed by atoms with E-state index in [0.717, 1.165) is 5.56 Å². The number of aryl methyl sites for hydroxylation is 1. The molecule has 1 rings (SSSR count). The van der Waals surface area contributed by atoms with Gasteiger partial charge in [0.25, 0.3) is 0 Å². The van der Waals surface area contributed by atoms with Crippen LogP contribution in [0.2, 0.25) is 0 Å². The lowest BCUT2D eigenvalue weighted by Crippen LogP contribution is -2.30. The quantitative estimate of drug-likeness (QED) is 0.775. The lowest BCUT2D eigenvalue weighted by Gasteiger charge is -2.13. The van der Waals surface area contributed by atoms with E-state index >= 15 is 0 Å². The number of hydrogen-bond acceptors (Lipinski definition) is 4. The number of hydrogen-bond donors (Lipinski definition) is 2. The Bertz CT molecular complexity index is 392. The number of carboxylic acids is 1. The highest BCUT2D eigenvalue weighted by Gasteiger charge is 2.14. The van der Waals surface area contributed by atoms with Crippen LogP contribution in [0.3, 0.4) is 0 Å². The first-order chi connectivity index (χ1) is 8.10. The van der Waals surface area contributed by atoms with E-state index in [2.05, 4.69) is 0 Å². The van der Waals surface area contributed by atoms with E-state index < -0.39 is 12.0 Å². The van der Waals surface area contributed by atoms with E-state index in [1.807, 2.05) is 12.1 Å². The van der Waals surface area contributed by atoms with Crippen molar-refractivity contribution in [3.8, 4) is 11.5 Å². The monoisotopic (exact) mass is 239 g/mol. The molecule has 0 radical (unpaired) electrons. The van der Waals surface area contributed by atoms with Gasteiger partial charge >= 0.3 is 5.97 Å². The second kappa shape index (κ2) is 6.10. The van der Waals surface area contributed by atoms with Gasteiger partial charge in [0.1, 0.15) is 6.04 Å². The standard InChI is InChI=1S/C12H17NO4/c1-16-10-5-3-4-8(11(10)17-2)6-7-9(13)12(14)15/h3-5,9H,6-7,13H2,1-2H3,(H,14,15). The molecule has 0 aliphatic heterocycles. The van der Waals surface area contributed by atoms with Gasteiger partial charge in [-0.3, -0.25) is 4.79 Å². The fourth-order valence-electron chi connectivity index (χ4n) is 1.59. The second-order valence-corrected chi connectivity index (χ2v) is 3.64. The van der Waals surface area contributed by atoms with Crippen molar-refractivity contribution >= 4 is 5.97 Å². The van der Waals surface area contributed by atoms with Gasteiger partial charge in [0.05, 0.1) is 14.2 Å². The Labute approximate surface area is 100 Å². The van der Waals surface area contributed by atoms with Crippen molar-refractivity contribution in [2.24, 2.45) is 5.73 Å². The minimum absolute atomic E-state index is 0.360. The molecule has 0 aliphatic carbocycles. The Balaban J connectivity index is 2.80. The summed E-state index contributed by atoms with van der Waals surface area (Å²) in [6.07, 6.45) is 0.896. The summed E-state index contributed by atoms with van der Waals surface area (Å²) in [5.74, 6) is 0.272. The van der Waals surface area contributed by atoms with Gasteiger partial charge < -0.3 is 20.3 Å². The molecule has 0 saturated heterocycles. The average molecular weight is 239 g/mol. The smallest absolute Gasteiger partial charge is 0.320 e. The number of ether oxygens (including phenoxy) is 2. The van der Waals surface area contributed by atoms with Gasteiger partial charge in [-0.2, -0.15) is 0 Å². The van der Waals surface area contributed by atoms with Crippen LogP contribution in [0.1, 0.15) is 12.0 Å². The zero-order valence-corrected chi connectivity index (χ0v) is 9.97. The van der Waals surface area contributed by atoms with E-state index in [9.17, 15) is 4.79 Å². The summed E-state index contributed by atoms with van der Waals surface area (Å²) in [5, 5.41) is 8.71. The maximum atomic E-state index is 10.6. The molecule has 0 heterocycles. The van der Waals surface area contributed by atoms with Crippen LogP contribution in [0, 0.1) is 0 Å². The van der Waals surface area contributed by atoms with Crippen LogP contribution in [-0.4, -0.2) is 31.3 Å². The van der Waals surface area contributed by atoms with Crippen LogP contribution in [-0.2, 0) is 11.2 Å². The second-order valence-electron chi connectivity index (χ2n) is 3.64. The summed E-state index contributed by atoms with van der Waals surface area (Å²) >= 11 is 0. The normalized spacial score (nSPS) is 11.9. The van der Waals surface area contributed by atoms with Gasteiger partial charge in [-0.05, 0) is 24.5 Å². The molecule has 0 aromatic heterocycles. The summed E-state index contributed by atoms with van der Waals surface area (Å²) in [6.45, 7) is 0. The van der Waals surface area contributed by atoms with Crippen molar-refractivity contribution in [1.82, 2.24) is 0 Å². The van der Waals surface area contributed by atoms with Crippen LogP contribution in [0.4, 0.5) is 0 Å². The summed E-state index contributed by atoms with van der Waals surface area (Å²) in [5.41, 5.74) is 6.35. The number of benzene rings is 1. The number of carbonyl (C=O) groups is 1. The van der Waals surface area contributed by atoms with Gasteiger partial charge in [-0.1, -0.05) is 12.1 Å². The molecular weight excluding hydrogens is 222 g/mol. The zero-order chi connectivity index (χ0) is 12.8. The number of para-hydroxylation sites is 1. The first-order valence-electron chi connectivity index (χ1n) is 5.28. The van der Waals surface area contributed by atoms with Crippen LogP contribution >= 0.6 is 0 Å². The highest BCUT2D eigenvalue weighted by molar-refractivity contribution is 5.73. The molecule has 0 bridgehead atoms. The Morgan fingerprint density at radius 2 is 2.12 bits per heavy atom. The minimum atomic E-state index is -0.994. The topological polar surface area (TPSA) is 81.8 Å². The fourth-order valence-corrected chi connectivity index (χ4v) is 1.59. The number of carboxylic acid groups (broad SMARTS) is 1. The molecule has 3 N–H and O–H groups in total. The Morgan fingerprint density at radius 3 is 2.65 bits per heavy atom. The van der Waals surface area contributed by atoms with Gasteiger partial charge in [0.15, 0.2) is 11.5 Å². The molecule has 94 valence electrons. The third kappa shape index (κ3) is 3.35. The molecule has 17 heavy (non-hydrogen) atoms. The molecule has 0 saturated carbocycles. The Kier molecular flexibility index (Phi) is 4.78. The van der Waals surface area contributed by atoms with Crippen LogP contribution in [0.5, 0.6) is 11.5 Å². The van der Waals surface area contributed by atoms with Gasteiger partial charge in [-0.15, -0.1) is 0 Å². The van der Waals surface area contributed by atoms with E-state index in [0.29, 0.717) is 24.3 Å². The third-order valence-corrected chi connectivity index (χ3v) is 2.53. The van der Waals surface area contributed by atoms with Crippen LogP contribution < -0.4 is 15.2 Å². The molecule has 0 aliphatic rings. The van der Waals surface area contributed by atoms with Gasteiger partial charge in [0.2, 0.25) is 0 Å². The highest BCUT2D eigenvalue weighted by Crippen LogP contribution is 2.31. The maximum Gasteiger partial charge on any atom is 0.320 e. The third-order valence-electron chi connectivity index (χ3n) is 2.53. The first-order valence-corrected chi connectivity index (χ1v) is 5.28. The minimum Gasteiger partial charge on any atom is -0.493 e. The van der Waals surface area contributed by atoms with Crippen molar-refractivity contribution in [2.45, 2.75) is 18.9 Å². The summed E-state index contributed by atoms with van der Waals surface area (Å²) in [6, 6.07) is 4.64. The summed E-state index contributed by atoms with van der Waals surface area (Å²) in [7, 11) is 3.11. The molecule has 5 heteroatoms. The van der Waals surface area contributed by atoms with Crippen molar-refractivity contribution in [3.63, 3.8) is 0 Å². The van der Waals surface area contributed by atoms with Crippen LogP contribution in [0.15, 0.2) is 18.2 Å². The molecule has 0 amide bonds. The van der Waals surface area contributed by atoms with Gasteiger partial charge in [-0.25, -0.2) is 0 Å². The summed E-state index contributed by atoms with van der Waals surface area (Å²) in [4.78, 5) is 10.6. The number of rotatable bonds is 6. The summed E-state index contributed by atoms with van der Waals surface area (Å²) < 4.78 is 10.4. The lowest BCUT2D eigenvalue weighted by atomic mass is 10.0. The lowest BCUT2D eigenvalue weighted by molar-refractivity contribution is -0.138. The largest absolute Gasteiger partial charge is 0.493 e. The van der Waals surface area contributed by atoms with Crippen molar-refractivity contribution < 1.29 is 19.4 Å². The number of nitrogens with two attached hydrogens (primary N) is 1. The first kappa shape index (κ1) is 13.3. The number of methoxy groups -OCH3 is 2. The molecule has 1 aromatic rings. The van der Waals surface area contributed by atoms with E-state index in [-0.39, 0.29) is 0 Å². The van der Waals surface area contributed by atoms with Crippen LogP contribution in [0.25, 0.3) is 0 Å². The van der Waals surface area contributed by atoms with E-state index in [1.54, 1.807) is 20.3 Å². The van der Waals surface area contributed by atoms with E-state index in [1.165, 1.54) is 0 Å². The van der Waals surface area contributed by atoms with Gasteiger partial charge in [0, 0.05) is 0 Å². The SMILES string of the molecule is COc1cccc(CCC(N)C(=O)O)c1OC. The average Bonchev–Trinajstić information content (AvgIpc) is 2.34.